The van der Waals surface area contributed by atoms with Crippen molar-refractivity contribution in [3.05, 3.63) is 42.2 Å². The van der Waals surface area contributed by atoms with E-state index >= 15 is 0 Å². The van der Waals surface area contributed by atoms with Crippen molar-refractivity contribution >= 4 is 17.7 Å². The highest BCUT2D eigenvalue weighted by molar-refractivity contribution is 8.00. The van der Waals surface area contributed by atoms with Gasteiger partial charge in [-0.1, -0.05) is 49.0 Å². The van der Waals surface area contributed by atoms with Crippen LogP contribution in [0.5, 0.6) is 0 Å². The molecule has 0 spiro atoms. The van der Waals surface area contributed by atoms with Crippen LogP contribution >= 0.6 is 11.8 Å². The maximum Gasteiger partial charge on any atom is 0.233 e. The van der Waals surface area contributed by atoms with E-state index in [0.29, 0.717) is 12.5 Å². The Morgan fingerprint density at radius 3 is 2.68 bits per heavy atom. The van der Waals surface area contributed by atoms with E-state index in [9.17, 15) is 4.79 Å². The zero-order chi connectivity index (χ0) is 15.9. The molecule has 1 aromatic carbocycles. The molecule has 2 aromatic rings. The molecule has 0 unspecified atom stereocenters. The highest BCUT2D eigenvalue weighted by atomic mass is 32.2. The van der Waals surface area contributed by atoms with E-state index in [1.54, 1.807) is 6.33 Å². The number of benzene rings is 1. The van der Waals surface area contributed by atoms with Gasteiger partial charge in [-0.15, -0.1) is 10.2 Å². The van der Waals surface area contributed by atoms with E-state index in [1.165, 1.54) is 17.3 Å². The minimum Gasteiger partial charge on any atom is -0.355 e. The van der Waals surface area contributed by atoms with Gasteiger partial charge in [-0.25, -0.2) is 0 Å². The van der Waals surface area contributed by atoms with Crippen molar-refractivity contribution in [3.8, 4) is 0 Å². The van der Waals surface area contributed by atoms with Crippen molar-refractivity contribution in [1.29, 1.82) is 0 Å². The first-order valence-electron chi connectivity index (χ1n) is 7.45. The van der Waals surface area contributed by atoms with E-state index in [2.05, 4.69) is 34.6 Å². The van der Waals surface area contributed by atoms with Crippen molar-refractivity contribution < 1.29 is 4.79 Å². The van der Waals surface area contributed by atoms with Crippen molar-refractivity contribution in [2.75, 3.05) is 6.54 Å². The molecule has 0 bridgehead atoms. The summed E-state index contributed by atoms with van der Waals surface area (Å²) in [5, 5.41) is 11.4. The molecular weight excluding hydrogens is 296 g/mol. The van der Waals surface area contributed by atoms with Crippen LogP contribution in [-0.4, -0.2) is 32.5 Å². The highest BCUT2D eigenvalue weighted by Crippen LogP contribution is 2.21. The molecule has 1 amide bonds. The van der Waals surface area contributed by atoms with Gasteiger partial charge < -0.3 is 9.88 Å². The second-order valence-corrected chi connectivity index (χ2v) is 6.55. The lowest BCUT2D eigenvalue weighted by molar-refractivity contribution is -0.120. The van der Waals surface area contributed by atoms with Crippen LogP contribution in [0.1, 0.15) is 31.7 Å². The first-order chi connectivity index (χ1) is 10.6. The van der Waals surface area contributed by atoms with Gasteiger partial charge in [0.1, 0.15) is 6.33 Å². The number of hydrogen-bond donors (Lipinski definition) is 1. The van der Waals surface area contributed by atoms with Gasteiger partial charge in [-0.2, -0.15) is 0 Å². The Morgan fingerprint density at radius 2 is 2.09 bits per heavy atom. The SMILES string of the molecule is CC[C@H](CNC(=O)[C@H](C)Sc1nncn1C)c1ccccc1. The Morgan fingerprint density at radius 1 is 1.36 bits per heavy atom. The molecule has 0 saturated carbocycles. The smallest absolute Gasteiger partial charge is 0.233 e. The molecule has 2 atom stereocenters. The predicted molar refractivity (Wildman–Crippen MR) is 88.8 cm³/mol. The van der Waals surface area contributed by atoms with Gasteiger partial charge in [0.25, 0.3) is 0 Å². The lowest BCUT2D eigenvalue weighted by Crippen LogP contribution is -2.34. The summed E-state index contributed by atoms with van der Waals surface area (Å²) in [6.45, 7) is 4.68. The van der Waals surface area contributed by atoms with Crippen LogP contribution in [0.3, 0.4) is 0 Å². The molecule has 0 saturated heterocycles. The molecule has 0 aliphatic rings. The summed E-state index contributed by atoms with van der Waals surface area (Å²) in [6.07, 6.45) is 2.63. The quantitative estimate of drug-likeness (QED) is 0.797. The number of aromatic nitrogens is 3. The van der Waals surface area contributed by atoms with Gasteiger partial charge >= 0.3 is 0 Å². The monoisotopic (exact) mass is 318 g/mol. The average Bonchev–Trinajstić information content (AvgIpc) is 2.94. The Balaban J connectivity index is 1.87. The predicted octanol–water partition coefficient (Wildman–Crippen LogP) is 2.61. The summed E-state index contributed by atoms with van der Waals surface area (Å²) < 4.78 is 1.81. The zero-order valence-corrected chi connectivity index (χ0v) is 14.0. The molecule has 5 nitrogen and oxygen atoms in total. The minimum atomic E-state index is -0.198. The Kier molecular flexibility index (Phi) is 6.00. The summed E-state index contributed by atoms with van der Waals surface area (Å²) >= 11 is 1.42. The number of rotatable bonds is 7. The van der Waals surface area contributed by atoms with Gasteiger partial charge in [0.2, 0.25) is 5.91 Å². The molecule has 118 valence electrons. The van der Waals surface area contributed by atoms with Crippen LogP contribution < -0.4 is 5.32 Å². The molecule has 0 fully saturated rings. The summed E-state index contributed by atoms with van der Waals surface area (Å²) in [7, 11) is 1.87. The average molecular weight is 318 g/mol. The van der Waals surface area contributed by atoms with Gasteiger partial charge in [-0.3, -0.25) is 4.79 Å². The van der Waals surface area contributed by atoms with Crippen LogP contribution in [-0.2, 0) is 11.8 Å². The maximum atomic E-state index is 12.2. The van der Waals surface area contributed by atoms with Crippen molar-refractivity contribution in [2.24, 2.45) is 7.05 Å². The third-order valence-corrected chi connectivity index (χ3v) is 4.76. The van der Waals surface area contributed by atoms with Gasteiger partial charge in [0, 0.05) is 19.5 Å². The molecule has 0 aliphatic carbocycles. The van der Waals surface area contributed by atoms with E-state index < -0.39 is 0 Å². The fraction of sp³-hybridized carbons (Fsp3) is 0.438. The van der Waals surface area contributed by atoms with Crippen LogP contribution in [0, 0.1) is 0 Å². The van der Waals surface area contributed by atoms with Crippen LogP contribution in [0.2, 0.25) is 0 Å². The van der Waals surface area contributed by atoms with Crippen molar-refractivity contribution in [1.82, 2.24) is 20.1 Å². The fourth-order valence-corrected chi connectivity index (χ4v) is 3.00. The number of hydrogen-bond acceptors (Lipinski definition) is 4. The van der Waals surface area contributed by atoms with E-state index in [0.717, 1.165) is 11.6 Å². The second kappa shape index (κ2) is 7.98. The summed E-state index contributed by atoms with van der Waals surface area (Å²) in [5.74, 6) is 0.375. The number of thioether (sulfide) groups is 1. The first kappa shape index (κ1) is 16.5. The Labute approximate surface area is 135 Å². The normalized spacial score (nSPS) is 13.6. The number of carbonyl (C=O) groups excluding carboxylic acids is 1. The van der Waals surface area contributed by atoms with Gasteiger partial charge in [0.15, 0.2) is 5.16 Å². The van der Waals surface area contributed by atoms with Crippen molar-refractivity contribution in [2.45, 2.75) is 36.6 Å². The van der Waals surface area contributed by atoms with E-state index in [-0.39, 0.29) is 11.2 Å². The Bertz CT molecular complexity index is 599. The molecule has 1 heterocycles. The Hall–Kier alpha value is -1.82. The third kappa shape index (κ3) is 4.34. The zero-order valence-electron chi connectivity index (χ0n) is 13.2. The second-order valence-electron chi connectivity index (χ2n) is 5.25. The fourth-order valence-electron chi connectivity index (χ4n) is 2.18. The highest BCUT2D eigenvalue weighted by Gasteiger charge is 2.18. The van der Waals surface area contributed by atoms with Crippen LogP contribution in [0.15, 0.2) is 41.8 Å². The topological polar surface area (TPSA) is 59.8 Å². The largest absolute Gasteiger partial charge is 0.355 e. The van der Waals surface area contributed by atoms with Crippen molar-refractivity contribution in [3.63, 3.8) is 0 Å². The first-order valence-corrected chi connectivity index (χ1v) is 8.33. The third-order valence-electron chi connectivity index (χ3n) is 3.61. The molecule has 0 aliphatic heterocycles. The lowest BCUT2D eigenvalue weighted by Gasteiger charge is -2.18. The standard InChI is InChI=1S/C16H22N4OS/c1-4-13(14-8-6-5-7-9-14)10-17-15(21)12(2)22-16-19-18-11-20(16)3/h5-9,11-13H,4,10H2,1-3H3,(H,17,21)/t12-,13+/m0/s1. The van der Waals surface area contributed by atoms with Crippen LogP contribution in [0.25, 0.3) is 0 Å². The molecule has 22 heavy (non-hydrogen) atoms. The summed E-state index contributed by atoms with van der Waals surface area (Å²) in [4.78, 5) is 12.2. The number of carbonyl (C=O) groups is 1. The van der Waals surface area contributed by atoms with Crippen LogP contribution in [0.4, 0.5) is 0 Å². The summed E-state index contributed by atoms with van der Waals surface area (Å²) in [6, 6.07) is 10.3. The molecule has 6 heteroatoms. The molecule has 1 aromatic heterocycles. The molecule has 1 N–H and O–H groups in total. The summed E-state index contributed by atoms with van der Waals surface area (Å²) in [5.41, 5.74) is 1.26. The molecule has 2 rings (SSSR count). The lowest BCUT2D eigenvalue weighted by atomic mass is 9.96. The maximum absolute atomic E-state index is 12.2. The minimum absolute atomic E-state index is 0.0300. The number of nitrogens with zero attached hydrogens (tertiary/aromatic N) is 3. The van der Waals surface area contributed by atoms with Gasteiger partial charge in [0.05, 0.1) is 5.25 Å². The van der Waals surface area contributed by atoms with E-state index in [4.69, 9.17) is 0 Å². The molecular formula is C16H22N4OS. The van der Waals surface area contributed by atoms with E-state index in [1.807, 2.05) is 36.7 Å². The molecule has 0 radical (unpaired) electrons. The van der Waals surface area contributed by atoms with Gasteiger partial charge in [-0.05, 0) is 18.9 Å². The number of nitrogens with one attached hydrogen (secondary N) is 1. The number of aryl methyl sites for hydroxylation is 1. The number of amides is 1.